The van der Waals surface area contributed by atoms with E-state index in [1.165, 1.54) is 6.07 Å². The lowest BCUT2D eigenvalue weighted by Crippen LogP contribution is -2.12. The topological polar surface area (TPSA) is 98.0 Å². The van der Waals surface area contributed by atoms with E-state index in [0.717, 1.165) is 11.3 Å². The van der Waals surface area contributed by atoms with Crippen LogP contribution in [0, 0.1) is 17.0 Å². The number of carbonyl (C=O) groups excluding carboxylic acids is 1. The number of halogens is 2. The highest BCUT2D eigenvalue weighted by Crippen LogP contribution is 2.31. The number of nitrogens with zero attached hydrogens (tertiary/aromatic N) is 3. The summed E-state index contributed by atoms with van der Waals surface area (Å²) in [4.78, 5) is 22.3. The van der Waals surface area contributed by atoms with Gasteiger partial charge in [0.15, 0.2) is 0 Å². The Balaban J connectivity index is 2.31. The average molecular weight is 378 g/mol. The predicted molar refractivity (Wildman–Crippen MR) is 78.4 cm³/mol. The third-order valence-corrected chi connectivity index (χ3v) is 4.00. The van der Waals surface area contributed by atoms with Crippen molar-refractivity contribution in [3.63, 3.8) is 0 Å². The van der Waals surface area contributed by atoms with Gasteiger partial charge in [0.1, 0.15) is 0 Å². The first-order valence-electron chi connectivity index (χ1n) is 5.13. The number of amides is 1. The first kappa shape index (κ1) is 14.8. The summed E-state index contributed by atoms with van der Waals surface area (Å²) in [5.41, 5.74) is 0.677. The fourth-order valence-electron chi connectivity index (χ4n) is 1.43. The molecular weight excluding hydrogens is 372 g/mol. The third-order valence-electron chi connectivity index (χ3n) is 2.33. The van der Waals surface area contributed by atoms with Gasteiger partial charge in [-0.2, -0.15) is 0 Å². The highest BCUT2D eigenvalue weighted by Gasteiger charge is 2.18. The second kappa shape index (κ2) is 5.81. The van der Waals surface area contributed by atoms with E-state index in [1.54, 1.807) is 13.0 Å². The van der Waals surface area contributed by atoms with E-state index in [1.807, 2.05) is 0 Å². The monoisotopic (exact) mass is 376 g/mol. The average Bonchev–Trinajstić information content (AvgIpc) is 2.79. The van der Waals surface area contributed by atoms with E-state index >= 15 is 0 Å². The van der Waals surface area contributed by atoms with Crippen molar-refractivity contribution < 1.29 is 9.72 Å². The van der Waals surface area contributed by atoms with Crippen LogP contribution in [0.2, 0.25) is 4.47 Å². The zero-order valence-corrected chi connectivity index (χ0v) is 13.0. The molecule has 0 bridgehead atoms. The summed E-state index contributed by atoms with van der Waals surface area (Å²) in [5, 5.41) is 20.6. The number of nitro groups is 1. The SMILES string of the molecule is Cc1cc(Br)c(NC(=O)c2nnc(Cl)s2)cc1[N+](=O)[O-]. The lowest BCUT2D eigenvalue weighted by atomic mass is 10.2. The first-order chi connectivity index (χ1) is 9.38. The molecule has 2 aromatic rings. The van der Waals surface area contributed by atoms with Crippen molar-refractivity contribution >= 4 is 56.1 Å². The largest absolute Gasteiger partial charge is 0.319 e. The molecule has 1 heterocycles. The van der Waals surface area contributed by atoms with Gasteiger partial charge in [-0.15, -0.1) is 10.2 Å². The molecule has 1 aromatic carbocycles. The Morgan fingerprint density at radius 1 is 1.50 bits per heavy atom. The molecule has 2 rings (SSSR count). The maximum absolute atomic E-state index is 11.9. The molecule has 0 saturated heterocycles. The van der Waals surface area contributed by atoms with Gasteiger partial charge in [0.25, 0.3) is 11.6 Å². The van der Waals surface area contributed by atoms with Gasteiger partial charge in [0.2, 0.25) is 9.47 Å². The van der Waals surface area contributed by atoms with Crippen LogP contribution in [-0.2, 0) is 0 Å². The highest BCUT2D eigenvalue weighted by molar-refractivity contribution is 9.10. The Labute approximate surface area is 130 Å². The zero-order valence-electron chi connectivity index (χ0n) is 9.89. The van der Waals surface area contributed by atoms with E-state index in [4.69, 9.17) is 11.6 Å². The molecule has 1 aromatic heterocycles. The Hall–Kier alpha value is -1.58. The molecule has 0 saturated carbocycles. The van der Waals surface area contributed by atoms with Gasteiger partial charge in [-0.3, -0.25) is 14.9 Å². The number of benzene rings is 1. The van der Waals surface area contributed by atoms with Crippen LogP contribution in [-0.4, -0.2) is 21.0 Å². The number of rotatable bonds is 3. The number of nitrogens with one attached hydrogen (secondary N) is 1. The summed E-state index contributed by atoms with van der Waals surface area (Å²) in [6, 6.07) is 2.83. The van der Waals surface area contributed by atoms with Crippen LogP contribution < -0.4 is 5.32 Å². The molecule has 0 aliphatic carbocycles. The van der Waals surface area contributed by atoms with Crippen LogP contribution in [0.3, 0.4) is 0 Å². The van der Waals surface area contributed by atoms with Crippen LogP contribution in [0.5, 0.6) is 0 Å². The number of anilines is 1. The van der Waals surface area contributed by atoms with Crippen molar-refractivity contribution in [2.24, 2.45) is 0 Å². The molecule has 0 unspecified atom stereocenters. The first-order valence-corrected chi connectivity index (χ1v) is 7.12. The van der Waals surface area contributed by atoms with Gasteiger partial charge in [-0.05, 0) is 40.5 Å². The summed E-state index contributed by atoms with van der Waals surface area (Å²) >= 11 is 9.75. The second-order valence-electron chi connectivity index (χ2n) is 3.69. The third kappa shape index (κ3) is 3.11. The van der Waals surface area contributed by atoms with Gasteiger partial charge >= 0.3 is 0 Å². The smallest absolute Gasteiger partial charge is 0.286 e. The standard InChI is InChI=1S/C10H6BrClN4O3S/c1-4-2-5(11)6(3-7(4)16(18)19)13-8(17)9-14-15-10(12)20-9/h2-3H,1H3,(H,13,17). The normalized spacial score (nSPS) is 10.3. The van der Waals surface area contributed by atoms with Gasteiger partial charge < -0.3 is 5.32 Å². The van der Waals surface area contributed by atoms with Crippen molar-refractivity contribution in [3.05, 3.63) is 41.8 Å². The summed E-state index contributed by atoms with van der Waals surface area (Å²) in [7, 11) is 0. The molecule has 0 aliphatic rings. The number of hydrogen-bond acceptors (Lipinski definition) is 6. The van der Waals surface area contributed by atoms with Crippen molar-refractivity contribution in [1.29, 1.82) is 0 Å². The fraction of sp³-hybridized carbons (Fsp3) is 0.100. The molecule has 0 fully saturated rings. The van der Waals surface area contributed by atoms with E-state index in [-0.39, 0.29) is 20.8 Å². The van der Waals surface area contributed by atoms with Crippen LogP contribution >= 0.6 is 38.9 Å². The summed E-state index contributed by atoms with van der Waals surface area (Å²) in [6.07, 6.45) is 0. The van der Waals surface area contributed by atoms with Gasteiger partial charge in [-0.1, -0.05) is 11.3 Å². The molecule has 0 radical (unpaired) electrons. The van der Waals surface area contributed by atoms with Crippen LogP contribution in [0.25, 0.3) is 0 Å². The molecule has 1 N–H and O–H groups in total. The molecule has 0 aliphatic heterocycles. The minimum atomic E-state index is -0.534. The van der Waals surface area contributed by atoms with E-state index in [0.29, 0.717) is 10.0 Å². The van der Waals surface area contributed by atoms with Crippen molar-refractivity contribution in [2.45, 2.75) is 6.92 Å². The van der Waals surface area contributed by atoms with Crippen molar-refractivity contribution in [1.82, 2.24) is 10.2 Å². The Bertz CT molecular complexity index is 706. The lowest BCUT2D eigenvalue weighted by Gasteiger charge is -2.07. The molecule has 7 nitrogen and oxygen atoms in total. The van der Waals surface area contributed by atoms with Crippen LogP contribution in [0.4, 0.5) is 11.4 Å². The van der Waals surface area contributed by atoms with Crippen LogP contribution in [0.1, 0.15) is 15.4 Å². The fourth-order valence-corrected chi connectivity index (χ4v) is 2.71. The summed E-state index contributed by atoms with van der Waals surface area (Å²) in [6.45, 7) is 1.61. The molecule has 0 atom stereocenters. The van der Waals surface area contributed by atoms with Gasteiger partial charge in [0.05, 0.1) is 10.6 Å². The Morgan fingerprint density at radius 3 is 2.75 bits per heavy atom. The van der Waals surface area contributed by atoms with Gasteiger partial charge in [-0.25, -0.2) is 0 Å². The van der Waals surface area contributed by atoms with Gasteiger partial charge in [0, 0.05) is 16.1 Å². The van der Waals surface area contributed by atoms with E-state index < -0.39 is 10.8 Å². The number of carbonyl (C=O) groups is 1. The Kier molecular flexibility index (Phi) is 4.31. The van der Waals surface area contributed by atoms with Crippen molar-refractivity contribution in [2.75, 3.05) is 5.32 Å². The summed E-state index contributed by atoms with van der Waals surface area (Å²) < 4.78 is 0.675. The quantitative estimate of drug-likeness (QED) is 0.653. The minimum Gasteiger partial charge on any atom is -0.319 e. The lowest BCUT2D eigenvalue weighted by molar-refractivity contribution is -0.385. The summed E-state index contributed by atoms with van der Waals surface area (Å²) in [5.74, 6) is -0.534. The molecule has 1 amide bonds. The minimum absolute atomic E-state index is 0.0742. The van der Waals surface area contributed by atoms with E-state index in [2.05, 4.69) is 31.4 Å². The predicted octanol–water partition coefficient (Wildman–Crippen LogP) is 3.42. The second-order valence-corrected chi connectivity index (χ2v) is 6.10. The van der Waals surface area contributed by atoms with E-state index in [9.17, 15) is 14.9 Å². The maximum Gasteiger partial charge on any atom is 0.286 e. The molecule has 0 spiro atoms. The molecule has 104 valence electrons. The number of hydrogen-bond donors (Lipinski definition) is 1. The number of aromatic nitrogens is 2. The molecule has 10 heteroatoms. The van der Waals surface area contributed by atoms with Crippen molar-refractivity contribution in [3.8, 4) is 0 Å². The number of nitro benzene ring substituents is 1. The molecule has 20 heavy (non-hydrogen) atoms. The van der Waals surface area contributed by atoms with Crippen LogP contribution in [0.15, 0.2) is 16.6 Å². The number of aryl methyl sites for hydroxylation is 1. The Morgan fingerprint density at radius 2 is 2.20 bits per heavy atom. The molecular formula is C10H6BrClN4O3S. The highest BCUT2D eigenvalue weighted by atomic mass is 79.9. The zero-order chi connectivity index (χ0) is 14.9. The maximum atomic E-state index is 11.9.